The third-order valence-corrected chi connectivity index (χ3v) is 3.39. The van der Waals surface area contributed by atoms with Gasteiger partial charge in [0, 0.05) is 26.6 Å². The van der Waals surface area contributed by atoms with E-state index in [0.29, 0.717) is 25.9 Å². The topological polar surface area (TPSA) is 108 Å². The number of hydrogen-bond acceptors (Lipinski definition) is 3. The smallest absolute Gasteiger partial charge is 0.314 e. The molecule has 0 unspecified atom stereocenters. The lowest BCUT2D eigenvalue weighted by molar-refractivity contribution is -0.148. The molecule has 0 radical (unpaired) electrons. The van der Waals surface area contributed by atoms with Crippen molar-refractivity contribution in [2.24, 2.45) is 5.41 Å². The summed E-state index contributed by atoms with van der Waals surface area (Å²) in [4.78, 5) is 33.3. The van der Waals surface area contributed by atoms with Crippen LogP contribution in [0.2, 0.25) is 0 Å². The van der Waals surface area contributed by atoms with Crippen LogP contribution in [0.15, 0.2) is 0 Å². The molecule has 0 saturated heterocycles. The highest BCUT2D eigenvalue weighted by molar-refractivity contribution is 5.78. The highest BCUT2D eigenvalue weighted by Crippen LogP contribution is 2.37. The summed E-state index contributed by atoms with van der Waals surface area (Å²) < 4.78 is 0. The second kappa shape index (κ2) is 6.96. The van der Waals surface area contributed by atoms with Gasteiger partial charge in [0.05, 0.1) is 5.41 Å². The number of carbonyl (C=O) groups is 3. The van der Waals surface area contributed by atoms with Crippen molar-refractivity contribution in [2.45, 2.75) is 32.6 Å². The quantitative estimate of drug-likeness (QED) is 0.513. The number of urea groups is 1. The molecule has 7 heteroatoms. The standard InChI is InChI=1S/C12H21N3O4/c1-9(16)13-6-7-14-11(19)15-8-12(10(17)18)4-2-3-5-12/h2-8H2,1H3,(H,13,16)(H,17,18)(H2,14,15,19). The molecule has 1 saturated carbocycles. The van der Waals surface area contributed by atoms with Crippen LogP contribution in [-0.4, -0.2) is 42.6 Å². The predicted octanol–water partition coefficient (Wildman–Crippen LogP) is 0.0667. The molecule has 0 aromatic heterocycles. The van der Waals surface area contributed by atoms with Crippen molar-refractivity contribution in [3.8, 4) is 0 Å². The molecule has 0 aromatic carbocycles. The molecule has 0 aliphatic heterocycles. The summed E-state index contributed by atoms with van der Waals surface area (Å²) in [7, 11) is 0. The summed E-state index contributed by atoms with van der Waals surface area (Å²) in [6, 6.07) is -0.405. The molecule has 108 valence electrons. The summed E-state index contributed by atoms with van der Waals surface area (Å²) in [6.45, 7) is 2.21. The molecule has 0 bridgehead atoms. The monoisotopic (exact) mass is 271 g/mol. The number of carbonyl (C=O) groups excluding carboxylic acids is 2. The first-order chi connectivity index (χ1) is 8.96. The van der Waals surface area contributed by atoms with Crippen molar-refractivity contribution in [3.05, 3.63) is 0 Å². The minimum Gasteiger partial charge on any atom is -0.481 e. The van der Waals surface area contributed by atoms with E-state index in [9.17, 15) is 19.5 Å². The van der Waals surface area contributed by atoms with Gasteiger partial charge in [-0.2, -0.15) is 0 Å². The van der Waals surface area contributed by atoms with Crippen LogP contribution >= 0.6 is 0 Å². The molecule has 1 aliphatic carbocycles. The second-order valence-electron chi connectivity index (χ2n) is 4.89. The van der Waals surface area contributed by atoms with Gasteiger partial charge >= 0.3 is 12.0 Å². The van der Waals surface area contributed by atoms with E-state index in [-0.39, 0.29) is 12.5 Å². The van der Waals surface area contributed by atoms with Crippen molar-refractivity contribution in [3.63, 3.8) is 0 Å². The van der Waals surface area contributed by atoms with Crippen molar-refractivity contribution < 1.29 is 19.5 Å². The molecule has 0 atom stereocenters. The van der Waals surface area contributed by atoms with Crippen LogP contribution in [0.3, 0.4) is 0 Å². The number of carboxylic acid groups (broad SMARTS) is 1. The Kier molecular flexibility index (Phi) is 5.59. The molecular formula is C12H21N3O4. The van der Waals surface area contributed by atoms with E-state index in [1.54, 1.807) is 0 Å². The molecule has 4 N–H and O–H groups in total. The fourth-order valence-corrected chi connectivity index (χ4v) is 2.24. The second-order valence-corrected chi connectivity index (χ2v) is 4.89. The Bertz CT molecular complexity index is 351. The zero-order valence-electron chi connectivity index (χ0n) is 11.1. The van der Waals surface area contributed by atoms with Gasteiger partial charge in [-0.05, 0) is 12.8 Å². The van der Waals surface area contributed by atoms with E-state index in [1.165, 1.54) is 6.92 Å². The number of rotatable bonds is 6. The Balaban J connectivity index is 2.25. The van der Waals surface area contributed by atoms with Crippen molar-refractivity contribution in [1.29, 1.82) is 0 Å². The molecular weight excluding hydrogens is 250 g/mol. The van der Waals surface area contributed by atoms with Gasteiger partial charge in [-0.15, -0.1) is 0 Å². The van der Waals surface area contributed by atoms with Crippen LogP contribution < -0.4 is 16.0 Å². The molecule has 1 fully saturated rings. The van der Waals surface area contributed by atoms with E-state index < -0.39 is 17.4 Å². The highest BCUT2D eigenvalue weighted by Gasteiger charge is 2.41. The van der Waals surface area contributed by atoms with Gasteiger partial charge in [0.25, 0.3) is 0 Å². The van der Waals surface area contributed by atoms with Gasteiger partial charge in [-0.3, -0.25) is 9.59 Å². The first-order valence-corrected chi connectivity index (χ1v) is 6.46. The Labute approximate surface area is 112 Å². The van der Waals surface area contributed by atoms with Crippen LogP contribution in [0.4, 0.5) is 4.79 Å². The summed E-state index contributed by atoms with van der Waals surface area (Å²) in [5, 5.41) is 16.9. The number of aliphatic carboxylic acids is 1. The van der Waals surface area contributed by atoms with Crippen molar-refractivity contribution in [2.75, 3.05) is 19.6 Å². The van der Waals surface area contributed by atoms with Crippen LogP contribution in [0.5, 0.6) is 0 Å². The third-order valence-electron chi connectivity index (χ3n) is 3.39. The average Bonchev–Trinajstić information content (AvgIpc) is 2.82. The first kappa shape index (κ1) is 15.3. The molecule has 3 amide bonds. The number of nitrogens with one attached hydrogen (secondary N) is 3. The van der Waals surface area contributed by atoms with Crippen LogP contribution in [0.25, 0.3) is 0 Å². The Morgan fingerprint density at radius 2 is 1.63 bits per heavy atom. The summed E-state index contributed by atoms with van der Waals surface area (Å²) in [6.07, 6.45) is 2.99. The van der Waals surface area contributed by atoms with Gasteiger partial charge in [-0.25, -0.2) is 4.79 Å². The van der Waals surface area contributed by atoms with E-state index in [0.717, 1.165) is 12.8 Å². The number of hydrogen-bond donors (Lipinski definition) is 4. The van der Waals surface area contributed by atoms with E-state index in [1.807, 2.05) is 0 Å². The number of amides is 3. The molecule has 1 rings (SSSR count). The van der Waals surface area contributed by atoms with Crippen molar-refractivity contribution >= 4 is 17.9 Å². The SMILES string of the molecule is CC(=O)NCCNC(=O)NCC1(C(=O)O)CCCC1. The first-order valence-electron chi connectivity index (χ1n) is 6.46. The Morgan fingerprint density at radius 1 is 1.05 bits per heavy atom. The van der Waals surface area contributed by atoms with Gasteiger partial charge in [0.1, 0.15) is 0 Å². The summed E-state index contributed by atoms with van der Waals surface area (Å²) in [5.74, 6) is -0.999. The maximum Gasteiger partial charge on any atom is 0.314 e. The third kappa shape index (κ3) is 4.76. The molecule has 19 heavy (non-hydrogen) atoms. The summed E-state index contributed by atoms with van der Waals surface area (Å²) >= 11 is 0. The maximum atomic E-state index is 11.5. The minimum absolute atomic E-state index is 0.147. The lowest BCUT2D eigenvalue weighted by atomic mass is 9.86. The molecule has 7 nitrogen and oxygen atoms in total. The fraction of sp³-hybridized carbons (Fsp3) is 0.750. The van der Waals surface area contributed by atoms with Gasteiger partial charge in [-0.1, -0.05) is 12.8 Å². The van der Waals surface area contributed by atoms with Gasteiger partial charge in [0.15, 0.2) is 0 Å². The van der Waals surface area contributed by atoms with Crippen LogP contribution in [0.1, 0.15) is 32.6 Å². The van der Waals surface area contributed by atoms with Crippen LogP contribution in [0, 0.1) is 5.41 Å². The zero-order chi connectivity index (χ0) is 14.3. The predicted molar refractivity (Wildman–Crippen MR) is 68.6 cm³/mol. The largest absolute Gasteiger partial charge is 0.481 e. The molecule has 0 aromatic rings. The van der Waals surface area contributed by atoms with E-state index in [2.05, 4.69) is 16.0 Å². The normalized spacial score (nSPS) is 16.7. The number of carboxylic acids is 1. The molecule has 1 aliphatic rings. The molecule has 0 heterocycles. The van der Waals surface area contributed by atoms with E-state index >= 15 is 0 Å². The Hall–Kier alpha value is -1.79. The van der Waals surface area contributed by atoms with Gasteiger partial charge in [0.2, 0.25) is 5.91 Å². The minimum atomic E-state index is -0.844. The average molecular weight is 271 g/mol. The van der Waals surface area contributed by atoms with Crippen molar-refractivity contribution in [1.82, 2.24) is 16.0 Å². The van der Waals surface area contributed by atoms with Gasteiger partial charge < -0.3 is 21.1 Å². The highest BCUT2D eigenvalue weighted by atomic mass is 16.4. The Morgan fingerprint density at radius 3 is 2.16 bits per heavy atom. The lowest BCUT2D eigenvalue weighted by Gasteiger charge is -2.24. The maximum absolute atomic E-state index is 11.5. The summed E-state index contributed by atoms with van der Waals surface area (Å²) in [5.41, 5.74) is -0.811. The molecule has 0 spiro atoms. The lowest BCUT2D eigenvalue weighted by Crippen LogP contribution is -2.46. The van der Waals surface area contributed by atoms with Crippen LogP contribution in [-0.2, 0) is 9.59 Å². The van der Waals surface area contributed by atoms with E-state index in [4.69, 9.17) is 0 Å². The fourth-order valence-electron chi connectivity index (χ4n) is 2.24. The zero-order valence-corrected chi connectivity index (χ0v) is 11.1.